The molecule has 30 heavy (non-hydrogen) atoms. The van der Waals surface area contributed by atoms with Crippen molar-refractivity contribution in [1.82, 2.24) is 14.5 Å². The van der Waals surface area contributed by atoms with Gasteiger partial charge in [-0.3, -0.25) is 14.2 Å². The van der Waals surface area contributed by atoms with Gasteiger partial charge in [0.15, 0.2) is 10.9 Å². The number of ether oxygens (including phenoxy) is 1. The van der Waals surface area contributed by atoms with E-state index in [1.54, 1.807) is 33.9 Å². The Balaban J connectivity index is 1.34. The molecule has 0 unspecified atom stereocenters. The van der Waals surface area contributed by atoms with Crippen LogP contribution in [-0.2, 0) is 30.4 Å². The highest BCUT2D eigenvalue weighted by Crippen LogP contribution is 2.35. The molecule has 0 radical (unpaired) electrons. The van der Waals surface area contributed by atoms with E-state index in [0.717, 1.165) is 29.5 Å². The molecule has 0 bridgehead atoms. The van der Waals surface area contributed by atoms with Crippen LogP contribution >= 0.6 is 23.1 Å². The number of fused-ring (bicyclic) bond motifs is 3. The highest BCUT2D eigenvalue weighted by molar-refractivity contribution is 7.98. The minimum Gasteiger partial charge on any atom is -0.455 e. The zero-order chi connectivity index (χ0) is 20.7. The van der Waals surface area contributed by atoms with Gasteiger partial charge in [0.2, 0.25) is 0 Å². The summed E-state index contributed by atoms with van der Waals surface area (Å²) in [5, 5.41) is 1.47. The molecule has 158 valence electrons. The summed E-state index contributed by atoms with van der Waals surface area (Å²) in [5.41, 5.74) is 1.24. The van der Waals surface area contributed by atoms with E-state index < -0.39 is 0 Å². The molecule has 0 N–H and O–H groups in total. The molecule has 1 aliphatic carbocycles. The topological polar surface area (TPSA) is 77.6 Å². The monoisotopic (exact) mass is 445 g/mol. The smallest absolute Gasteiger partial charge is 0.289 e. The van der Waals surface area contributed by atoms with Crippen molar-refractivity contribution >= 4 is 39.2 Å². The van der Waals surface area contributed by atoms with Crippen LogP contribution in [0.4, 0.5) is 0 Å². The number of morpholine rings is 1. The van der Waals surface area contributed by atoms with Gasteiger partial charge >= 0.3 is 0 Å². The summed E-state index contributed by atoms with van der Waals surface area (Å²) in [6.45, 7) is 2.29. The van der Waals surface area contributed by atoms with E-state index in [0.29, 0.717) is 48.7 Å². The Morgan fingerprint density at radius 3 is 2.87 bits per heavy atom. The first-order valence-corrected chi connectivity index (χ1v) is 12.0. The maximum Gasteiger partial charge on any atom is 0.289 e. The van der Waals surface area contributed by atoms with Gasteiger partial charge < -0.3 is 14.1 Å². The van der Waals surface area contributed by atoms with E-state index >= 15 is 0 Å². The molecule has 4 heterocycles. The maximum absolute atomic E-state index is 13.0. The first kappa shape index (κ1) is 19.8. The Kier molecular flexibility index (Phi) is 5.43. The third-order valence-corrected chi connectivity index (χ3v) is 7.91. The van der Waals surface area contributed by atoms with Crippen molar-refractivity contribution in [2.24, 2.45) is 7.05 Å². The molecule has 7 nitrogen and oxygen atoms in total. The van der Waals surface area contributed by atoms with Crippen LogP contribution in [0.15, 0.2) is 26.5 Å². The molecule has 0 spiro atoms. The van der Waals surface area contributed by atoms with Crippen molar-refractivity contribution < 1.29 is 13.9 Å². The maximum atomic E-state index is 13.0. The number of thiophene rings is 1. The van der Waals surface area contributed by atoms with Gasteiger partial charge in [-0.05, 0) is 43.4 Å². The van der Waals surface area contributed by atoms with Crippen molar-refractivity contribution in [1.29, 1.82) is 0 Å². The molecule has 5 rings (SSSR count). The van der Waals surface area contributed by atoms with Crippen molar-refractivity contribution in [2.75, 3.05) is 26.3 Å². The summed E-state index contributed by atoms with van der Waals surface area (Å²) in [5.74, 6) is 1.44. The molecular formula is C21H23N3O4S2. The standard InChI is InChI=1S/C21H23N3O4S2/c1-23-20(26)17-14-4-2-3-5-16(14)30-18(17)22-21(23)29-12-13-6-7-15(28-13)19(25)24-8-10-27-11-9-24/h6-7H,2-5,8-12H2,1H3. The second-order valence-electron chi connectivity index (χ2n) is 7.61. The summed E-state index contributed by atoms with van der Waals surface area (Å²) >= 11 is 3.12. The molecule has 0 aromatic carbocycles. The average Bonchev–Trinajstić information content (AvgIpc) is 3.40. The Hall–Kier alpha value is -2.10. The van der Waals surface area contributed by atoms with Gasteiger partial charge in [-0.2, -0.15) is 0 Å². The third kappa shape index (κ3) is 3.59. The molecule has 0 atom stereocenters. The van der Waals surface area contributed by atoms with E-state index in [4.69, 9.17) is 14.1 Å². The fraction of sp³-hybridized carbons (Fsp3) is 0.476. The molecule has 0 saturated carbocycles. The van der Waals surface area contributed by atoms with E-state index in [1.807, 2.05) is 6.07 Å². The van der Waals surface area contributed by atoms with Gasteiger partial charge in [-0.1, -0.05) is 11.8 Å². The highest BCUT2D eigenvalue weighted by Gasteiger charge is 2.23. The van der Waals surface area contributed by atoms with E-state index in [-0.39, 0.29) is 11.5 Å². The number of aryl methyl sites for hydroxylation is 2. The number of hydrogen-bond acceptors (Lipinski definition) is 7. The molecule has 9 heteroatoms. The summed E-state index contributed by atoms with van der Waals surface area (Å²) < 4.78 is 12.7. The minimum absolute atomic E-state index is 0.0320. The predicted octanol–water partition coefficient (Wildman–Crippen LogP) is 3.23. The summed E-state index contributed by atoms with van der Waals surface area (Å²) in [6.07, 6.45) is 4.35. The summed E-state index contributed by atoms with van der Waals surface area (Å²) in [4.78, 5) is 34.2. The van der Waals surface area contributed by atoms with Gasteiger partial charge in [0.05, 0.1) is 24.4 Å². The minimum atomic E-state index is -0.106. The van der Waals surface area contributed by atoms with Crippen LogP contribution < -0.4 is 5.56 Å². The van der Waals surface area contributed by atoms with Crippen molar-refractivity contribution in [3.8, 4) is 0 Å². The first-order chi connectivity index (χ1) is 14.6. The zero-order valence-corrected chi connectivity index (χ0v) is 18.4. The lowest BCUT2D eigenvalue weighted by Gasteiger charge is -2.25. The second-order valence-corrected chi connectivity index (χ2v) is 9.63. The fourth-order valence-electron chi connectivity index (χ4n) is 4.02. The molecule has 1 amide bonds. The number of aromatic nitrogens is 2. The number of hydrogen-bond donors (Lipinski definition) is 0. The number of rotatable bonds is 4. The Bertz CT molecular complexity index is 1160. The SMILES string of the molecule is Cn1c(SCc2ccc(C(=O)N3CCOCC3)o2)nc2sc3c(c2c1=O)CCCC3. The van der Waals surface area contributed by atoms with Gasteiger partial charge in [-0.15, -0.1) is 11.3 Å². The van der Waals surface area contributed by atoms with Gasteiger partial charge in [-0.25, -0.2) is 4.98 Å². The molecule has 2 aliphatic rings. The van der Waals surface area contributed by atoms with Crippen LogP contribution in [0, 0.1) is 0 Å². The number of carbonyl (C=O) groups excluding carboxylic acids is 1. The first-order valence-electron chi connectivity index (χ1n) is 10.2. The van der Waals surface area contributed by atoms with Gasteiger partial charge in [0.25, 0.3) is 11.5 Å². The van der Waals surface area contributed by atoms with Crippen LogP contribution in [0.25, 0.3) is 10.2 Å². The molecule has 1 aliphatic heterocycles. The van der Waals surface area contributed by atoms with Crippen LogP contribution in [0.5, 0.6) is 0 Å². The van der Waals surface area contributed by atoms with Crippen molar-refractivity contribution in [3.05, 3.63) is 44.4 Å². The molecule has 3 aromatic rings. The van der Waals surface area contributed by atoms with Gasteiger partial charge in [0.1, 0.15) is 10.6 Å². The molecule has 1 fully saturated rings. The number of carbonyl (C=O) groups is 1. The quantitative estimate of drug-likeness (QED) is 0.453. The third-order valence-electron chi connectivity index (χ3n) is 5.67. The zero-order valence-electron chi connectivity index (χ0n) is 16.8. The Morgan fingerprint density at radius 2 is 2.03 bits per heavy atom. The largest absolute Gasteiger partial charge is 0.455 e. The van der Waals surface area contributed by atoms with Crippen LogP contribution in [0.2, 0.25) is 0 Å². The van der Waals surface area contributed by atoms with Crippen molar-refractivity contribution in [2.45, 2.75) is 36.6 Å². The molecular weight excluding hydrogens is 422 g/mol. The molecule has 1 saturated heterocycles. The normalized spacial score (nSPS) is 16.8. The van der Waals surface area contributed by atoms with E-state index in [1.165, 1.54) is 28.6 Å². The lowest BCUT2D eigenvalue weighted by molar-refractivity contribution is 0.0282. The lowest BCUT2D eigenvalue weighted by atomic mass is 9.97. The van der Waals surface area contributed by atoms with Crippen LogP contribution in [0.3, 0.4) is 0 Å². The van der Waals surface area contributed by atoms with Crippen LogP contribution in [0.1, 0.15) is 39.6 Å². The number of nitrogens with zero attached hydrogens (tertiary/aromatic N) is 3. The number of amides is 1. The van der Waals surface area contributed by atoms with E-state index in [9.17, 15) is 9.59 Å². The Labute approximate surface area is 182 Å². The second kappa shape index (κ2) is 8.20. The fourth-order valence-corrected chi connectivity index (χ4v) is 6.19. The van der Waals surface area contributed by atoms with Crippen molar-refractivity contribution in [3.63, 3.8) is 0 Å². The number of thioether (sulfide) groups is 1. The lowest BCUT2D eigenvalue weighted by Crippen LogP contribution is -2.40. The Morgan fingerprint density at radius 1 is 1.23 bits per heavy atom. The highest BCUT2D eigenvalue weighted by atomic mass is 32.2. The van der Waals surface area contributed by atoms with E-state index in [2.05, 4.69) is 0 Å². The summed E-state index contributed by atoms with van der Waals surface area (Å²) in [6, 6.07) is 3.54. The molecule has 3 aromatic heterocycles. The van der Waals surface area contributed by atoms with Gasteiger partial charge in [0, 0.05) is 25.0 Å². The predicted molar refractivity (Wildman–Crippen MR) is 116 cm³/mol. The van der Waals surface area contributed by atoms with Crippen LogP contribution in [-0.4, -0.2) is 46.7 Å². The number of furan rings is 1. The summed E-state index contributed by atoms with van der Waals surface area (Å²) in [7, 11) is 1.78. The average molecular weight is 446 g/mol.